The molecule has 1 heterocycles. The van der Waals surface area contributed by atoms with Crippen LogP contribution in [0.4, 0.5) is 0 Å². The summed E-state index contributed by atoms with van der Waals surface area (Å²) in [5.74, 6) is -1.72. The van der Waals surface area contributed by atoms with Crippen LogP contribution in [-0.2, 0) is 14.3 Å². The molecule has 0 radical (unpaired) electrons. The van der Waals surface area contributed by atoms with Gasteiger partial charge in [-0.15, -0.1) is 0 Å². The van der Waals surface area contributed by atoms with Gasteiger partial charge in [-0.1, -0.05) is 38.4 Å². The third-order valence-corrected chi connectivity index (χ3v) is 5.22. The highest BCUT2D eigenvalue weighted by atomic mass is 35.5. The monoisotopic (exact) mass is 491 g/mol. The zero-order chi connectivity index (χ0) is 25.4. The number of carbonyl (C=O) groups is 3. The number of nitrogens with zero attached hydrogens (tertiary/aromatic N) is 1. The minimum atomic E-state index is -0.771. The quantitative estimate of drug-likeness (QED) is 0.322. The fourth-order valence-electron chi connectivity index (χ4n) is 3.33. The molecule has 1 aromatic heterocycles. The largest absolute Gasteiger partial charge is 0.493 e. The molecular formula is C25H30ClNO7. The summed E-state index contributed by atoms with van der Waals surface area (Å²) >= 11 is 6.03. The van der Waals surface area contributed by atoms with Crippen LogP contribution in [0, 0.1) is 11.8 Å². The second-order valence-electron chi connectivity index (χ2n) is 8.24. The maximum atomic E-state index is 12.9. The topological polar surface area (TPSA) is 101 Å². The van der Waals surface area contributed by atoms with E-state index in [2.05, 4.69) is 4.98 Å². The van der Waals surface area contributed by atoms with Crippen molar-refractivity contribution >= 4 is 29.3 Å². The lowest BCUT2D eigenvalue weighted by Crippen LogP contribution is -2.38. The van der Waals surface area contributed by atoms with E-state index in [9.17, 15) is 14.4 Å². The molecule has 2 rings (SSSR count). The van der Waals surface area contributed by atoms with E-state index < -0.39 is 35.8 Å². The fraction of sp³-hybridized carbons (Fsp3) is 0.440. The lowest BCUT2D eigenvalue weighted by molar-refractivity contribution is -0.158. The minimum absolute atomic E-state index is 0.0333. The summed E-state index contributed by atoms with van der Waals surface area (Å²) in [6.07, 6.45) is 0.156. The number of benzene rings is 1. The van der Waals surface area contributed by atoms with E-state index in [-0.39, 0.29) is 29.5 Å². The Morgan fingerprint density at radius 3 is 2.38 bits per heavy atom. The number of halogens is 1. The van der Waals surface area contributed by atoms with Gasteiger partial charge in [0.2, 0.25) is 5.75 Å². The standard InChI is InChI=1S/C25H30ClNO7/c1-14(2)23(34-19-9-7-8-18(26)13-19)16(4)32-25(30)15(3)12-20(29)22-24(33-17(5)28)21(31-6)10-11-27-22/h7-11,13-16,23H,12H2,1-6H3/t15-,16+,23-/m1/s1. The molecular weight excluding hydrogens is 462 g/mol. The number of ether oxygens (including phenoxy) is 4. The van der Waals surface area contributed by atoms with Gasteiger partial charge in [-0.25, -0.2) is 4.98 Å². The van der Waals surface area contributed by atoms with Gasteiger partial charge in [0.05, 0.1) is 13.0 Å². The van der Waals surface area contributed by atoms with Crippen molar-refractivity contribution in [3.8, 4) is 17.2 Å². The normalized spacial score (nSPS) is 13.5. The predicted octanol–water partition coefficient (Wildman–Crippen LogP) is 4.91. The highest BCUT2D eigenvalue weighted by molar-refractivity contribution is 6.30. The van der Waals surface area contributed by atoms with Crippen molar-refractivity contribution in [1.29, 1.82) is 0 Å². The van der Waals surface area contributed by atoms with Crippen molar-refractivity contribution < 1.29 is 33.3 Å². The van der Waals surface area contributed by atoms with Gasteiger partial charge in [0.15, 0.2) is 17.2 Å². The van der Waals surface area contributed by atoms with Gasteiger partial charge >= 0.3 is 11.9 Å². The Morgan fingerprint density at radius 1 is 1.09 bits per heavy atom. The molecule has 3 atom stereocenters. The summed E-state index contributed by atoms with van der Waals surface area (Å²) < 4.78 is 22.0. The predicted molar refractivity (Wildman–Crippen MR) is 126 cm³/mol. The lowest BCUT2D eigenvalue weighted by Gasteiger charge is -2.29. The van der Waals surface area contributed by atoms with Crippen molar-refractivity contribution in [2.24, 2.45) is 11.8 Å². The number of rotatable bonds is 11. The first-order valence-electron chi connectivity index (χ1n) is 10.9. The van der Waals surface area contributed by atoms with Gasteiger partial charge in [0.1, 0.15) is 18.0 Å². The number of ketones is 1. The van der Waals surface area contributed by atoms with Crippen LogP contribution in [0.5, 0.6) is 17.2 Å². The molecule has 0 fully saturated rings. The minimum Gasteiger partial charge on any atom is -0.493 e. The summed E-state index contributed by atoms with van der Waals surface area (Å²) in [6.45, 7) is 8.44. The van der Waals surface area contributed by atoms with Crippen molar-refractivity contribution in [1.82, 2.24) is 4.98 Å². The fourth-order valence-corrected chi connectivity index (χ4v) is 3.51. The van der Waals surface area contributed by atoms with E-state index in [1.165, 1.54) is 26.3 Å². The van der Waals surface area contributed by atoms with Crippen LogP contribution < -0.4 is 14.2 Å². The van der Waals surface area contributed by atoms with Gasteiger partial charge < -0.3 is 18.9 Å². The third kappa shape index (κ3) is 7.45. The van der Waals surface area contributed by atoms with Crippen LogP contribution in [0.3, 0.4) is 0 Å². The Hall–Kier alpha value is -3.13. The molecule has 0 amide bonds. The number of Topliss-reactive ketones (excluding diaryl/α,β-unsaturated/α-hetero) is 1. The van der Waals surface area contributed by atoms with Crippen molar-refractivity contribution in [2.75, 3.05) is 7.11 Å². The molecule has 0 unspecified atom stereocenters. The average molecular weight is 492 g/mol. The number of hydrogen-bond donors (Lipinski definition) is 0. The number of carbonyl (C=O) groups excluding carboxylic acids is 3. The summed E-state index contributed by atoms with van der Waals surface area (Å²) in [5.41, 5.74) is -0.0911. The number of hydrogen-bond acceptors (Lipinski definition) is 8. The summed E-state index contributed by atoms with van der Waals surface area (Å²) in [6, 6.07) is 8.45. The molecule has 0 aliphatic rings. The first kappa shape index (κ1) is 27.1. The summed E-state index contributed by atoms with van der Waals surface area (Å²) in [5, 5.41) is 0.538. The average Bonchev–Trinajstić information content (AvgIpc) is 2.76. The number of esters is 2. The molecule has 2 aromatic rings. The Morgan fingerprint density at radius 2 is 1.79 bits per heavy atom. The van der Waals surface area contributed by atoms with Crippen molar-refractivity contribution in [2.45, 2.75) is 53.2 Å². The Labute approximate surface area is 204 Å². The van der Waals surface area contributed by atoms with E-state index in [1.54, 1.807) is 38.1 Å². The van der Waals surface area contributed by atoms with Crippen LogP contribution >= 0.6 is 11.6 Å². The first-order chi connectivity index (χ1) is 16.0. The molecule has 184 valence electrons. The van der Waals surface area contributed by atoms with Gasteiger partial charge in [-0.2, -0.15) is 0 Å². The Bertz CT molecular complexity index is 1020. The summed E-state index contributed by atoms with van der Waals surface area (Å²) in [4.78, 5) is 41.1. The molecule has 0 spiro atoms. The molecule has 34 heavy (non-hydrogen) atoms. The molecule has 0 aliphatic heterocycles. The number of aromatic nitrogens is 1. The SMILES string of the molecule is COc1ccnc(C(=O)C[C@@H](C)C(=O)O[C@@H](C)[C@H](Oc2cccc(Cl)c2)C(C)C)c1OC(C)=O. The van der Waals surface area contributed by atoms with Gasteiger partial charge in [-0.3, -0.25) is 14.4 Å². The van der Waals surface area contributed by atoms with E-state index >= 15 is 0 Å². The molecule has 0 saturated heterocycles. The maximum Gasteiger partial charge on any atom is 0.309 e. The maximum absolute atomic E-state index is 12.9. The Balaban J connectivity index is 2.09. The molecule has 9 heteroatoms. The van der Waals surface area contributed by atoms with Crippen LogP contribution in [0.25, 0.3) is 0 Å². The first-order valence-corrected chi connectivity index (χ1v) is 11.3. The third-order valence-electron chi connectivity index (χ3n) is 4.98. The van der Waals surface area contributed by atoms with E-state index in [0.29, 0.717) is 10.8 Å². The van der Waals surface area contributed by atoms with E-state index in [0.717, 1.165) is 0 Å². The number of pyridine rings is 1. The zero-order valence-electron chi connectivity index (χ0n) is 20.2. The molecule has 0 bridgehead atoms. The van der Waals surface area contributed by atoms with Crippen molar-refractivity contribution in [3.63, 3.8) is 0 Å². The molecule has 8 nitrogen and oxygen atoms in total. The van der Waals surface area contributed by atoms with Crippen molar-refractivity contribution in [3.05, 3.63) is 47.2 Å². The highest BCUT2D eigenvalue weighted by Crippen LogP contribution is 2.31. The number of methoxy groups -OCH3 is 1. The van der Waals surface area contributed by atoms with Crippen LogP contribution in [0.15, 0.2) is 36.5 Å². The van der Waals surface area contributed by atoms with Gasteiger partial charge in [-0.05, 0) is 31.0 Å². The summed E-state index contributed by atoms with van der Waals surface area (Å²) in [7, 11) is 1.38. The Kier molecular flexibility index (Phi) is 9.86. The second kappa shape index (κ2) is 12.4. The molecule has 0 N–H and O–H groups in total. The molecule has 0 aliphatic carbocycles. The van der Waals surface area contributed by atoms with Gasteiger partial charge in [0.25, 0.3) is 0 Å². The van der Waals surface area contributed by atoms with E-state index in [4.69, 9.17) is 30.5 Å². The van der Waals surface area contributed by atoms with Crippen LogP contribution in [0.2, 0.25) is 5.02 Å². The molecule has 0 saturated carbocycles. The van der Waals surface area contributed by atoms with Crippen LogP contribution in [-0.4, -0.2) is 42.0 Å². The zero-order valence-corrected chi connectivity index (χ0v) is 20.9. The lowest BCUT2D eigenvalue weighted by atomic mass is 10.0. The highest BCUT2D eigenvalue weighted by Gasteiger charge is 2.30. The second-order valence-corrected chi connectivity index (χ2v) is 8.68. The van der Waals surface area contributed by atoms with Gasteiger partial charge in [0, 0.05) is 30.6 Å². The van der Waals surface area contributed by atoms with E-state index in [1.807, 2.05) is 13.8 Å². The van der Waals surface area contributed by atoms with Crippen LogP contribution in [0.1, 0.15) is 51.5 Å². The molecule has 1 aromatic carbocycles. The smallest absolute Gasteiger partial charge is 0.309 e.